The van der Waals surface area contributed by atoms with Crippen molar-refractivity contribution in [2.75, 3.05) is 7.11 Å². The number of rotatable bonds is 12. The maximum Gasteiger partial charge on any atom is 0.124 e. The second-order valence-corrected chi connectivity index (χ2v) is 6.44. The average molecular weight is 316 g/mol. The zero-order chi connectivity index (χ0) is 16.3. The van der Waals surface area contributed by atoms with Crippen LogP contribution in [0.25, 0.3) is 11.0 Å². The molecule has 0 fully saturated rings. The molecule has 0 aliphatic rings. The molecule has 3 nitrogen and oxygen atoms in total. The molecule has 0 radical (unpaired) electrons. The van der Waals surface area contributed by atoms with Crippen LogP contribution >= 0.6 is 0 Å². The van der Waals surface area contributed by atoms with Gasteiger partial charge in [0.25, 0.3) is 0 Å². The summed E-state index contributed by atoms with van der Waals surface area (Å²) in [5, 5.41) is 0. The van der Waals surface area contributed by atoms with Crippen LogP contribution in [0.3, 0.4) is 0 Å². The molecular formula is C20H32N2O. The number of nitrogens with zero attached hydrogens (tertiary/aromatic N) is 2. The minimum Gasteiger partial charge on any atom is -0.364 e. The van der Waals surface area contributed by atoms with Gasteiger partial charge in [-0.1, -0.05) is 70.4 Å². The molecule has 0 spiro atoms. The third-order valence-corrected chi connectivity index (χ3v) is 4.50. The van der Waals surface area contributed by atoms with E-state index in [0.29, 0.717) is 6.73 Å². The van der Waals surface area contributed by atoms with E-state index in [1.54, 1.807) is 7.11 Å². The first-order chi connectivity index (χ1) is 11.4. The van der Waals surface area contributed by atoms with Crippen molar-refractivity contribution in [1.82, 2.24) is 9.55 Å². The summed E-state index contributed by atoms with van der Waals surface area (Å²) in [7, 11) is 1.75. The Morgan fingerprint density at radius 3 is 2.26 bits per heavy atom. The van der Waals surface area contributed by atoms with Gasteiger partial charge in [-0.15, -0.1) is 0 Å². The number of methoxy groups -OCH3 is 1. The Labute approximate surface area is 141 Å². The molecule has 2 aromatic rings. The molecular weight excluding hydrogens is 284 g/mol. The molecule has 3 heteroatoms. The van der Waals surface area contributed by atoms with E-state index in [2.05, 4.69) is 35.8 Å². The number of hydrogen-bond acceptors (Lipinski definition) is 2. The van der Waals surface area contributed by atoms with Gasteiger partial charge in [0.05, 0.1) is 11.0 Å². The lowest BCUT2D eigenvalue weighted by atomic mass is 10.1. The fourth-order valence-corrected chi connectivity index (χ4v) is 3.18. The Kier molecular flexibility index (Phi) is 8.16. The van der Waals surface area contributed by atoms with Crippen LogP contribution in [0.4, 0.5) is 0 Å². The molecule has 0 bridgehead atoms. The van der Waals surface area contributed by atoms with Crippen LogP contribution in [-0.2, 0) is 17.9 Å². The summed E-state index contributed by atoms with van der Waals surface area (Å²) in [6.07, 6.45) is 13.3. The molecule has 0 amide bonds. The van der Waals surface area contributed by atoms with Gasteiger partial charge in [-0.25, -0.2) is 4.98 Å². The van der Waals surface area contributed by atoms with Crippen LogP contribution in [0.1, 0.15) is 70.5 Å². The lowest BCUT2D eigenvalue weighted by Crippen LogP contribution is -2.05. The lowest BCUT2D eigenvalue weighted by Gasteiger charge is -2.07. The van der Waals surface area contributed by atoms with Crippen LogP contribution in [0, 0.1) is 0 Å². The van der Waals surface area contributed by atoms with Crippen molar-refractivity contribution < 1.29 is 4.74 Å². The lowest BCUT2D eigenvalue weighted by molar-refractivity contribution is 0.131. The van der Waals surface area contributed by atoms with Crippen molar-refractivity contribution >= 4 is 11.0 Å². The Balaban J connectivity index is 1.73. The molecule has 0 saturated carbocycles. The quantitative estimate of drug-likeness (QED) is 0.469. The van der Waals surface area contributed by atoms with Crippen LogP contribution in [0.15, 0.2) is 24.3 Å². The number of aryl methyl sites for hydroxylation is 1. The SMILES string of the molecule is CCCCCCCCCCCc1nc2ccccc2n1COC. The normalized spacial score (nSPS) is 11.4. The molecule has 0 atom stereocenters. The molecule has 2 rings (SSSR count). The highest BCUT2D eigenvalue weighted by Crippen LogP contribution is 2.18. The van der Waals surface area contributed by atoms with Gasteiger partial charge in [0.1, 0.15) is 12.6 Å². The van der Waals surface area contributed by atoms with Crippen molar-refractivity contribution in [2.45, 2.75) is 77.9 Å². The molecule has 1 aromatic carbocycles. The van der Waals surface area contributed by atoms with Crippen LogP contribution < -0.4 is 0 Å². The topological polar surface area (TPSA) is 27.1 Å². The van der Waals surface area contributed by atoms with Gasteiger partial charge < -0.3 is 9.30 Å². The highest BCUT2D eigenvalue weighted by Gasteiger charge is 2.09. The Bertz CT molecular complexity index is 562. The monoisotopic (exact) mass is 316 g/mol. The largest absolute Gasteiger partial charge is 0.364 e. The first-order valence-corrected chi connectivity index (χ1v) is 9.30. The van der Waals surface area contributed by atoms with E-state index in [9.17, 15) is 0 Å². The molecule has 1 heterocycles. The maximum absolute atomic E-state index is 5.35. The molecule has 0 saturated heterocycles. The average Bonchev–Trinajstić information content (AvgIpc) is 2.92. The summed E-state index contributed by atoms with van der Waals surface area (Å²) in [4.78, 5) is 4.78. The zero-order valence-electron chi connectivity index (χ0n) is 14.9. The van der Waals surface area contributed by atoms with Crippen molar-refractivity contribution in [1.29, 1.82) is 0 Å². The summed E-state index contributed by atoms with van der Waals surface area (Å²) >= 11 is 0. The predicted molar refractivity (Wildman–Crippen MR) is 97.7 cm³/mol. The first kappa shape index (κ1) is 18.0. The minimum absolute atomic E-state index is 0.591. The molecule has 23 heavy (non-hydrogen) atoms. The summed E-state index contributed by atoms with van der Waals surface area (Å²) in [6.45, 7) is 2.87. The third-order valence-electron chi connectivity index (χ3n) is 4.50. The third kappa shape index (κ3) is 5.65. The van der Waals surface area contributed by atoms with Crippen LogP contribution in [0.5, 0.6) is 0 Å². The smallest absolute Gasteiger partial charge is 0.124 e. The maximum atomic E-state index is 5.35. The van der Waals surface area contributed by atoms with Gasteiger partial charge in [-0.3, -0.25) is 0 Å². The fraction of sp³-hybridized carbons (Fsp3) is 0.650. The highest BCUT2D eigenvalue weighted by atomic mass is 16.5. The van der Waals surface area contributed by atoms with Crippen molar-refractivity contribution in [3.63, 3.8) is 0 Å². The molecule has 0 N–H and O–H groups in total. The molecule has 128 valence electrons. The second kappa shape index (κ2) is 10.4. The standard InChI is InChI=1S/C20H32N2O/c1-3-4-5-6-7-8-9-10-11-16-20-21-18-14-12-13-15-19(18)22(20)17-23-2/h12-15H,3-11,16-17H2,1-2H3. The second-order valence-electron chi connectivity index (χ2n) is 6.44. The molecule has 1 aromatic heterocycles. The van der Waals surface area contributed by atoms with Crippen molar-refractivity contribution in [2.24, 2.45) is 0 Å². The highest BCUT2D eigenvalue weighted by molar-refractivity contribution is 5.75. The van der Waals surface area contributed by atoms with Crippen molar-refractivity contribution in [3.8, 4) is 0 Å². The zero-order valence-corrected chi connectivity index (χ0v) is 14.9. The summed E-state index contributed by atoms with van der Waals surface area (Å²) in [5.74, 6) is 1.16. The summed E-state index contributed by atoms with van der Waals surface area (Å²) in [5.41, 5.74) is 2.26. The summed E-state index contributed by atoms with van der Waals surface area (Å²) < 4.78 is 7.56. The van der Waals surface area contributed by atoms with Gasteiger partial charge in [-0.05, 0) is 18.6 Å². The fourth-order valence-electron chi connectivity index (χ4n) is 3.18. The van der Waals surface area contributed by atoms with Gasteiger partial charge in [0.2, 0.25) is 0 Å². The van der Waals surface area contributed by atoms with E-state index in [4.69, 9.17) is 9.72 Å². The molecule has 0 aliphatic heterocycles. The minimum atomic E-state index is 0.591. The number of imidazole rings is 1. The van der Waals surface area contributed by atoms with E-state index in [1.807, 2.05) is 0 Å². The molecule has 0 aliphatic carbocycles. The van der Waals surface area contributed by atoms with E-state index < -0.39 is 0 Å². The van der Waals surface area contributed by atoms with Gasteiger partial charge >= 0.3 is 0 Å². The Hall–Kier alpha value is -1.35. The number of ether oxygens (including phenoxy) is 1. The van der Waals surface area contributed by atoms with Gasteiger partial charge in [0.15, 0.2) is 0 Å². The van der Waals surface area contributed by atoms with Crippen molar-refractivity contribution in [3.05, 3.63) is 30.1 Å². The Morgan fingerprint density at radius 1 is 0.913 bits per heavy atom. The number of benzene rings is 1. The van der Waals surface area contributed by atoms with E-state index in [-0.39, 0.29) is 0 Å². The first-order valence-electron chi connectivity index (χ1n) is 9.30. The van der Waals surface area contributed by atoms with Gasteiger partial charge in [0, 0.05) is 13.5 Å². The van der Waals surface area contributed by atoms with Gasteiger partial charge in [-0.2, -0.15) is 0 Å². The Morgan fingerprint density at radius 2 is 1.57 bits per heavy atom. The van der Waals surface area contributed by atoms with E-state index in [1.165, 1.54) is 63.3 Å². The number of hydrogen-bond donors (Lipinski definition) is 0. The molecule has 0 unspecified atom stereocenters. The number of para-hydroxylation sites is 2. The number of aromatic nitrogens is 2. The van der Waals surface area contributed by atoms with Crippen LogP contribution in [-0.4, -0.2) is 16.7 Å². The van der Waals surface area contributed by atoms with Crippen LogP contribution in [0.2, 0.25) is 0 Å². The number of fused-ring (bicyclic) bond motifs is 1. The van der Waals surface area contributed by atoms with E-state index in [0.717, 1.165) is 17.8 Å². The van der Waals surface area contributed by atoms with E-state index >= 15 is 0 Å². The predicted octanol–water partition coefficient (Wildman–Crippen LogP) is 5.71. The number of unbranched alkanes of at least 4 members (excludes halogenated alkanes) is 8. The summed E-state index contributed by atoms with van der Waals surface area (Å²) in [6, 6.07) is 8.33.